The van der Waals surface area contributed by atoms with Crippen LogP contribution in [0.3, 0.4) is 0 Å². The van der Waals surface area contributed by atoms with Crippen LogP contribution in [-0.4, -0.2) is 35.5 Å². The first kappa shape index (κ1) is 23.4. The number of hydrazone groups is 1. The fraction of sp³-hybridized carbons (Fsp3) is 0.182. The maximum absolute atomic E-state index is 12.0. The van der Waals surface area contributed by atoms with Crippen LogP contribution in [0.15, 0.2) is 64.7 Å². The van der Waals surface area contributed by atoms with Crippen molar-refractivity contribution in [2.45, 2.75) is 12.8 Å². The fourth-order valence-electron chi connectivity index (χ4n) is 2.71. The lowest BCUT2D eigenvalue weighted by molar-refractivity contribution is -0.120. The van der Waals surface area contributed by atoms with Crippen LogP contribution in [-0.2, 0) is 17.6 Å². The zero-order valence-corrected chi connectivity index (χ0v) is 19.6. The average molecular weight is 516 g/mol. The minimum absolute atomic E-state index is 0.0543. The standard InChI is InChI=1S/C22H22BrN5O3S/c1-2-5-15-6-3-4-7-18(15)30-10-11-31-19-9-8-17(23)12-16(19)14-25-26-20(29)13-21-27-28-22(24)32-21/h2-4,6-9,12,14H,1,5,10-11,13H2,(H2,24,28)(H,26,29). The number of allylic oxidation sites excluding steroid dienone is 1. The van der Waals surface area contributed by atoms with E-state index in [2.05, 4.69) is 43.2 Å². The Bertz CT molecular complexity index is 1100. The highest BCUT2D eigenvalue weighted by molar-refractivity contribution is 9.10. The number of amides is 1. The highest BCUT2D eigenvalue weighted by Crippen LogP contribution is 2.22. The lowest BCUT2D eigenvalue weighted by Crippen LogP contribution is -2.19. The molecule has 3 rings (SSSR count). The first-order valence-electron chi connectivity index (χ1n) is 9.69. The van der Waals surface area contributed by atoms with E-state index in [0.29, 0.717) is 34.7 Å². The van der Waals surface area contributed by atoms with E-state index in [1.807, 2.05) is 48.5 Å². The van der Waals surface area contributed by atoms with Crippen molar-refractivity contribution in [2.75, 3.05) is 18.9 Å². The third kappa shape index (κ3) is 7.17. The largest absolute Gasteiger partial charge is 0.490 e. The topological polar surface area (TPSA) is 112 Å². The summed E-state index contributed by atoms with van der Waals surface area (Å²) in [6.07, 6.45) is 4.15. The number of nitrogen functional groups attached to an aromatic ring is 1. The van der Waals surface area contributed by atoms with Gasteiger partial charge in [-0.15, -0.1) is 16.8 Å². The molecule has 32 heavy (non-hydrogen) atoms. The Labute approximate surface area is 198 Å². The number of nitrogens with zero attached hydrogens (tertiary/aromatic N) is 3. The average Bonchev–Trinajstić information content (AvgIpc) is 3.18. The SMILES string of the molecule is C=CCc1ccccc1OCCOc1ccc(Br)cc1C=NNC(=O)Cc1nnc(N)s1. The molecule has 0 aliphatic carbocycles. The lowest BCUT2D eigenvalue weighted by atomic mass is 10.1. The Balaban J connectivity index is 1.53. The number of para-hydroxylation sites is 1. The molecule has 166 valence electrons. The van der Waals surface area contributed by atoms with Gasteiger partial charge in [-0.05, 0) is 36.2 Å². The quantitative estimate of drug-likeness (QED) is 0.174. The van der Waals surface area contributed by atoms with Gasteiger partial charge in [0.2, 0.25) is 11.0 Å². The molecule has 0 fully saturated rings. The van der Waals surface area contributed by atoms with Crippen LogP contribution >= 0.6 is 27.3 Å². The van der Waals surface area contributed by atoms with E-state index in [1.54, 1.807) is 0 Å². The molecule has 1 aromatic heterocycles. The third-order valence-corrected chi connectivity index (χ3v) is 5.34. The molecule has 3 aromatic rings. The zero-order chi connectivity index (χ0) is 22.8. The van der Waals surface area contributed by atoms with Gasteiger partial charge in [-0.3, -0.25) is 4.79 Å². The van der Waals surface area contributed by atoms with Crippen LogP contribution < -0.4 is 20.6 Å². The molecule has 1 amide bonds. The molecule has 2 aromatic carbocycles. The number of nitrogens with two attached hydrogens (primary N) is 1. The van der Waals surface area contributed by atoms with Gasteiger partial charge in [-0.1, -0.05) is 51.5 Å². The van der Waals surface area contributed by atoms with Gasteiger partial charge in [0.15, 0.2) is 0 Å². The molecule has 0 saturated carbocycles. The summed E-state index contributed by atoms with van der Waals surface area (Å²) in [6, 6.07) is 13.4. The van der Waals surface area contributed by atoms with E-state index in [9.17, 15) is 4.79 Å². The van der Waals surface area contributed by atoms with Crippen molar-refractivity contribution in [1.82, 2.24) is 15.6 Å². The van der Waals surface area contributed by atoms with Gasteiger partial charge in [0, 0.05) is 10.0 Å². The molecule has 0 spiro atoms. The minimum Gasteiger partial charge on any atom is -0.490 e. The van der Waals surface area contributed by atoms with E-state index in [1.165, 1.54) is 6.21 Å². The van der Waals surface area contributed by atoms with Crippen molar-refractivity contribution in [1.29, 1.82) is 0 Å². The Morgan fingerprint density at radius 1 is 1.19 bits per heavy atom. The van der Waals surface area contributed by atoms with Crippen molar-refractivity contribution >= 4 is 44.5 Å². The second kappa shape index (κ2) is 12.0. The van der Waals surface area contributed by atoms with Crippen LogP contribution in [0.4, 0.5) is 5.13 Å². The van der Waals surface area contributed by atoms with Crippen molar-refractivity contribution in [3.05, 3.63) is 75.7 Å². The number of ether oxygens (including phenoxy) is 2. The lowest BCUT2D eigenvalue weighted by Gasteiger charge is -2.12. The summed E-state index contributed by atoms with van der Waals surface area (Å²) in [4.78, 5) is 12.0. The predicted octanol–water partition coefficient (Wildman–Crippen LogP) is 3.76. The van der Waals surface area contributed by atoms with Crippen LogP contribution in [0, 0.1) is 0 Å². The molecule has 1 heterocycles. The summed E-state index contributed by atoms with van der Waals surface area (Å²) < 4.78 is 12.6. The second-order valence-electron chi connectivity index (χ2n) is 6.48. The number of rotatable bonds is 11. The van der Waals surface area contributed by atoms with Crippen LogP contribution in [0.2, 0.25) is 0 Å². The molecule has 0 atom stereocenters. The normalized spacial score (nSPS) is 10.8. The highest BCUT2D eigenvalue weighted by Gasteiger charge is 2.08. The van der Waals surface area contributed by atoms with Crippen molar-refractivity contribution in [3.8, 4) is 11.5 Å². The molecule has 0 bridgehead atoms. The van der Waals surface area contributed by atoms with Crippen LogP contribution in [0.5, 0.6) is 11.5 Å². The second-order valence-corrected chi connectivity index (χ2v) is 8.49. The number of halogens is 1. The molecule has 0 aliphatic rings. The predicted molar refractivity (Wildman–Crippen MR) is 129 cm³/mol. The Hall–Kier alpha value is -3.24. The van der Waals surface area contributed by atoms with Gasteiger partial charge in [0.05, 0.1) is 12.6 Å². The zero-order valence-electron chi connectivity index (χ0n) is 17.2. The molecule has 0 unspecified atom stereocenters. The van der Waals surface area contributed by atoms with Crippen molar-refractivity contribution < 1.29 is 14.3 Å². The fourth-order valence-corrected chi connectivity index (χ4v) is 3.70. The molecule has 0 saturated heterocycles. The number of carbonyl (C=O) groups is 1. The number of hydrogen-bond donors (Lipinski definition) is 2. The van der Waals surface area contributed by atoms with Crippen LogP contribution in [0.1, 0.15) is 16.1 Å². The van der Waals surface area contributed by atoms with Gasteiger partial charge in [-0.2, -0.15) is 5.10 Å². The van der Waals surface area contributed by atoms with Crippen LogP contribution in [0.25, 0.3) is 0 Å². The monoisotopic (exact) mass is 515 g/mol. The number of hydrogen-bond acceptors (Lipinski definition) is 8. The molecule has 3 N–H and O–H groups in total. The number of anilines is 1. The first-order chi connectivity index (χ1) is 15.5. The maximum atomic E-state index is 12.0. The van der Waals surface area contributed by atoms with E-state index < -0.39 is 0 Å². The molecule has 8 nitrogen and oxygen atoms in total. The Morgan fingerprint density at radius 3 is 2.72 bits per heavy atom. The molecule has 10 heteroatoms. The number of carbonyl (C=O) groups excluding carboxylic acids is 1. The van der Waals surface area contributed by atoms with Gasteiger partial charge in [-0.25, -0.2) is 5.43 Å². The van der Waals surface area contributed by atoms with E-state index in [0.717, 1.165) is 33.5 Å². The highest BCUT2D eigenvalue weighted by atomic mass is 79.9. The van der Waals surface area contributed by atoms with E-state index in [4.69, 9.17) is 15.2 Å². The summed E-state index contributed by atoms with van der Waals surface area (Å²) in [5.74, 6) is 1.11. The Morgan fingerprint density at radius 2 is 1.97 bits per heavy atom. The van der Waals surface area contributed by atoms with Crippen molar-refractivity contribution in [2.24, 2.45) is 5.10 Å². The minimum atomic E-state index is -0.318. The van der Waals surface area contributed by atoms with Gasteiger partial charge < -0.3 is 15.2 Å². The molecule has 0 radical (unpaired) electrons. The first-order valence-corrected chi connectivity index (χ1v) is 11.3. The summed E-state index contributed by atoms with van der Waals surface area (Å²) in [7, 11) is 0. The molecule has 0 aliphatic heterocycles. The summed E-state index contributed by atoms with van der Waals surface area (Å²) >= 11 is 4.60. The smallest absolute Gasteiger partial charge is 0.247 e. The third-order valence-electron chi connectivity index (χ3n) is 4.09. The Kier molecular flexibility index (Phi) is 8.76. The van der Waals surface area contributed by atoms with Crippen molar-refractivity contribution in [3.63, 3.8) is 0 Å². The van der Waals surface area contributed by atoms with E-state index in [-0.39, 0.29) is 12.3 Å². The number of aromatic nitrogens is 2. The van der Waals surface area contributed by atoms with Gasteiger partial charge >= 0.3 is 0 Å². The summed E-state index contributed by atoms with van der Waals surface area (Å²) in [6.45, 7) is 4.49. The summed E-state index contributed by atoms with van der Waals surface area (Å²) in [5.41, 5.74) is 9.76. The molecular formula is C22H22BrN5O3S. The van der Waals surface area contributed by atoms with E-state index >= 15 is 0 Å². The number of nitrogens with one attached hydrogen (secondary N) is 1. The number of benzene rings is 2. The molecular weight excluding hydrogens is 494 g/mol. The van der Waals surface area contributed by atoms with Gasteiger partial charge in [0.25, 0.3) is 0 Å². The summed E-state index contributed by atoms with van der Waals surface area (Å²) in [5, 5.41) is 12.4. The van der Waals surface area contributed by atoms with Gasteiger partial charge in [0.1, 0.15) is 29.7 Å². The maximum Gasteiger partial charge on any atom is 0.247 e.